The zero-order valence-electron chi connectivity index (χ0n) is 15.5. The van der Waals surface area contributed by atoms with Crippen molar-refractivity contribution < 1.29 is 24.0 Å². The molecule has 2 aliphatic rings. The van der Waals surface area contributed by atoms with Crippen molar-refractivity contribution in [2.45, 2.75) is 0 Å². The first kappa shape index (κ1) is 18.9. The molecule has 0 atom stereocenters. The average molecular weight is 396 g/mol. The maximum atomic E-state index is 13.0. The zero-order valence-corrected chi connectivity index (χ0v) is 15.5. The lowest BCUT2D eigenvalue weighted by Gasteiger charge is -2.08. The third-order valence-corrected chi connectivity index (χ3v) is 4.96. The van der Waals surface area contributed by atoms with E-state index in [0.717, 1.165) is 9.80 Å². The minimum Gasteiger partial charge on any atom is -0.289 e. The Labute approximate surface area is 171 Å². The van der Waals surface area contributed by atoms with Gasteiger partial charge in [0.25, 0.3) is 23.6 Å². The minimum absolute atomic E-state index is 0.0914. The SMILES string of the molecule is C#CCN1C(=O)c2ccc(C(=O)c3ccc4c(c3)C(=O)N(CC#C)C4=O)cc2C1=O. The highest BCUT2D eigenvalue weighted by atomic mass is 16.2. The molecular formula is C23H12N2O5. The van der Waals surface area contributed by atoms with Crippen molar-refractivity contribution in [3.63, 3.8) is 0 Å². The number of ketones is 1. The van der Waals surface area contributed by atoms with Gasteiger partial charge < -0.3 is 0 Å². The molecule has 30 heavy (non-hydrogen) atoms. The molecule has 0 aliphatic carbocycles. The van der Waals surface area contributed by atoms with Crippen molar-refractivity contribution in [2.24, 2.45) is 0 Å². The largest absolute Gasteiger partial charge is 0.289 e. The van der Waals surface area contributed by atoms with Crippen LogP contribution in [0.3, 0.4) is 0 Å². The highest BCUT2D eigenvalue weighted by Crippen LogP contribution is 2.27. The lowest BCUT2D eigenvalue weighted by atomic mass is 9.96. The summed E-state index contributed by atoms with van der Waals surface area (Å²) in [6.07, 6.45) is 10.4. The fourth-order valence-electron chi connectivity index (χ4n) is 3.50. The first-order chi connectivity index (χ1) is 14.4. The van der Waals surface area contributed by atoms with Crippen LogP contribution in [0.2, 0.25) is 0 Å². The van der Waals surface area contributed by atoms with Crippen molar-refractivity contribution in [1.82, 2.24) is 9.80 Å². The molecule has 0 saturated heterocycles. The Bertz CT molecular complexity index is 1180. The van der Waals surface area contributed by atoms with Gasteiger partial charge in [-0.15, -0.1) is 12.8 Å². The minimum atomic E-state index is -0.567. The summed E-state index contributed by atoms with van der Waals surface area (Å²) >= 11 is 0. The van der Waals surface area contributed by atoms with E-state index >= 15 is 0 Å². The molecule has 4 rings (SSSR count). The third kappa shape index (κ3) is 2.61. The van der Waals surface area contributed by atoms with Crippen LogP contribution in [0.5, 0.6) is 0 Å². The van der Waals surface area contributed by atoms with Crippen LogP contribution in [0.1, 0.15) is 57.4 Å². The second-order valence-corrected chi connectivity index (χ2v) is 6.65. The standard InChI is InChI=1S/C23H12N2O5/c1-3-9-24-20(27)15-7-5-13(11-17(15)22(24)29)19(26)14-6-8-16-18(12-14)23(30)25(10-4-2)21(16)28/h1-2,5-8,11-12H,9-10H2. The van der Waals surface area contributed by atoms with E-state index in [9.17, 15) is 24.0 Å². The molecule has 144 valence electrons. The Morgan fingerprint density at radius 1 is 0.667 bits per heavy atom. The Morgan fingerprint density at radius 3 is 1.40 bits per heavy atom. The van der Waals surface area contributed by atoms with E-state index in [-0.39, 0.29) is 46.5 Å². The lowest BCUT2D eigenvalue weighted by Crippen LogP contribution is -2.29. The second kappa shape index (κ2) is 6.84. The number of rotatable bonds is 4. The molecule has 0 aromatic heterocycles. The maximum Gasteiger partial charge on any atom is 0.262 e. The van der Waals surface area contributed by atoms with Gasteiger partial charge in [0.1, 0.15) is 0 Å². The molecule has 4 amide bonds. The van der Waals surface area contributed by atoms with Gasteiger partial charge in [-0.1, -0.05) is 24.0 Å². The third-order valence-electron chi connectivity index (χ3n) is 4.96. The highest BCUT2D eigenvalue weighted by Gasteiger charge is 2.37. The van der Waals surface area contributed by atoms with Crippen molar-refractivity contribution >= 4 is 29.4 Å². The Kier molecular flexibility index (Phi) is 4.30. The summed E-state index contributed by atoms with van der Waals surface area (Å²) in [6.45, 7) is -0.324. The number of terminal acetylenes is 2. The van der Waals surface area contributed by atoms with Crippen LogP contribution in [-0.2, 0) is 0 Å². The second-order valence-electron chi connectivity index (χ2n) is 6.65. The van der Waals surface area contributed by atoms with Crippen LogP contribution in [0, 0.1) is 24.7 Å². The van der Waals surface area contributed by atoms with Gasteiger partial charge >= 0.3 is 0 Å². The summed E-state index contributed by atoms with van der Waals surface area (Å²) in [5, 5.41) is 0. The number of nitrogens with zero attached hydrogens (tertiary/aromatic N) is 2. The molecule has 7 heteroatoms. The van der Waals surface area contributed by atoms with E-state index < -0.39 is 29.4 Å². The van der Waals surface area contributed by atoms with Crippen LogP contribution >= 0.6 is 0 Å². The van der Waals surface area contributed by atoms with Gasteiger partial charge in [-0.3, -0.25) is 33.8 Å². The Balaban J connectivity index is 1.69. The summed E-state index contributed by atoms with van der Waals surface area (Å²) < 4.78 is 0. The van der Waals surface area contributed by atoms with E-state index in [1.54, 1.807) is 0 Å². The van der Waals surface area contributed by atoms with E-state index in [1.807, 2.05) is 0 Å². The molecule has 0 bridgehead atoms. The molecule has 2 aliphatic heterocycles. The van der Waals surface area contributed by atoms with Crippen LogP contribution in [-0.4, -0.2) is 52.3 Å². The Morgan fingerprint density at radius 2 is 1.03 bits per heavy atom. The Hall–Kier alpha value is -4.49. The summed E-state index contributed by atoms with van der Waals surface area (Å²) in [4.78, 5) is 64.2. The van der Waals surface area contributed by atoms with Gasteiger partial charge in [0.2, 0.25) is 0 Å². The van der Waals surface area contributed by atoms with Crippen LogP contribution in [0.4, 0.5) is 0 Å². The number of hydrogen-bond donors (Lipinski definition) is 0. The molecule has 2 heterocycles. The molecule has 2 aromatic rings. The van der Waals surface area contributed by atoms with Gasteiger partial charge in [0, 0.05) is 11.1 Å². The quantitative estimate of drug-likeness (QED) is 0.442. The zero-order chi connectivity index (χ0) is 21.6. The topological polar surface area (TPSA) is 91.8 Å². The van der Waals surface area contributed by atoms with Gasteiger partial charge in [-0.2, -0.15) is 0 Å². The van der Waals surface area contributed by atoms with Crippen molar-refractivity contribution in [2.75, 3.05) is 13.1 Å². The van der Waals surface area contributed by atoms with Crippen molar-refractivity contribution in [3.8, 4) is 24.7 Å². The summed E-state index contributed by atoms with van der Waals surface area (Å²) in [5.74, 6) is 1.88. The maximum absolute atomic E-state index is 13.0. The van der Waals surface area contributed by atoms with Gasteiger partial charge in [-0.25, -0.2) is 0 Å². The first-order valence-electron chi connectivity index (χ1n) is 8.81. The molecule has 0 spiro atoms. The smallest absolute Gasteiger partial charge is 0.262 e. The van der Waals surface area contributed by atoms with E-state index in [4.69, 9.17) is 12.8 Å². The molecule has 2 aromatic carbocycles. The number of carbonyl (C=O) groups is 5. The van der Waals surface area contributed by atoms with Crippen LogP contribution in [0.25, 0.3) is 0 Å². The van der Waals surface area contributed by atoms with Crippen LogP contribution < -0.4 is 0 Å². The van der Waals surface area contributed by atoms with E-state index in [0.29, 0.717) is 0 Å². The fraction of sp³-hybridized carbons (Fsp3) is 0.0870. The monoisotopic (exact) mass is 396 g/mol. The number of fused-ring (bicyclic) bond motifs is 2. The normalized spacial score (nSPS) is 14.5. The molecule has 0 saturated carbocycles. The first-order valence-corrected chi connectivity index (χ1v) is 8.81. The summed E-state index contributed by atoms with van der Waals surface area (Å²) in [7, 11) is 0. The molecular weight excluding hydrogens is 384 g/mol. The number of benzene rings is 2. The predicted molar refractivity (Wildman–Crippen MR) is 105 cm³/mol. The van der Waals surface area contributed by atoms with Crippen molar-refractivity contribution in [1.29, 1.82) is 0 Å². The fourth-order valence-corrected chi connectivity index (χ4v) is 3.50. The number of carbonyl (C=O) groups excluding carboxylic acids is 5. The molecule has 7 nitrogen and oxygen atoms in total. The lowest BCUT2D eigenvalue weighted by molar-refractivity contribution is 0.0659. The number of imide groups is 2. The van der Waals surface area contributed by atoms with Gasteiger partial charge in [-0.05, 0) is 24.3 Å². The molecule has 0 unspecified atom stereocenters. The molecule has 0 radical (unpaired) electrons. The molecule has 0 N–H and O–H groups in total. The summed E-state index contributed by atoms with van der Waals surface area (Å²) in [6, 6.07) is 8.32. The predicted octanol–water partition coefficient (Wildman–Crippen LogP) is 1.38. The van der Waals surface area contributed by atoms with E-state index in [1.165, 1.54) is 36.4 Å². The summed E-state index contributed by atoms with van der Waals surface area (Å²) in [5.41, 5.74) is 0.852. The highest BCUT2D eigenvalue weighted by molar-refractivity contribution is 6.24. The number of amides is 4. The van der Waals surface area contributed by atoms with Crippen LogP contribution in [0.15, 0.2) is 36.4 Å². The van der Waals surface area contributed by atoms with Crippen molar-refractivity contribution in [3.05, 3.63) is 69.8 Å². The van der Waals surface area contributed by atoms with Gasteiger partial charge in [0.05, 0.1) is 35.3 Å². The number of hydrogen-bond acceptors (Lipinski definition) is 5. The van der Waals surface area contributed by atoms with Gasteiger partial charge in [0.15, 0.2) is 5.78 Å². The molecule has 0 fully saturated rings. The van der Waals surface area contributed by atoms with E-state index in [2.05, 4.69) is 11.8 Å². The average Bonchev–Trinajstić information content (AvgIpc) is 3.13.